The van der Waals surface area contributed by atoms with Crippen molar-refractivity contribution >= 4 is 27.5 Å². The molecule has 0 spiro atoms. The van der Waals surface area contributed by atoms with Crippen molar-refractivity contribution < 1.29 is 4.74 Å². The summed E-state index contributed by atoms with van der Waals surface area (Å²) >= 11 is 9.42. The first kappa shape index (κ1) is 14.4. The normalized spacial score (nSPS) is 10.5. The number of methoxy groups -OCH3 is 1. The molecule has 0 saturated heterocycles. The van der Waals surface area contributed by atoms with Crippen LogP contribution in [0, 0.1) is 0 Å². The third kappa shape index (κ3) is 4.23. The van der Waals surface area contributed by atoms with Crippen LogP contribution in [0.4, 0.5) is 0 Å². The van der Waals surface area contributed by atoms with E-state index in [4.69, 9.17) is 16.3 Å². The van der Waals surface area contributed by atoms with Crippen LogP contribution in [0.5, 0.6) is 5.75 Å². The molecular formula is C15H15BrClNO. The maximum Gasteiger partial charge on any atom is 0.118 e. The van der Waals surface area contributed by atoms with Crippen LogP contribution in [0.25, 0.3) is 0 Å². The van der Waals surface area contributed by atoms with Gasteiger partial charge in [-0.25, -0.2) is 0 Å². The lowest BCUT2D eigenvalue weighted by molar-refractivity contribution is 0.414. The zero-order valence-corrected chi connectivity index (χ0v) is 13.0. The molecule has 0 unspecified atom stereocenters. The molecule has 0 fully saturated rings. The molecular weight excluding hydrogens is 326 g/mol. The Morgan fingerprint density at radius 1 is 1.11 bits per heavy atom. The van der Waals surface area contributed by atoms with Gasteiger partial charge in [-0.2, -0.15) is 0 Å². The molecule has 2 nitrogen and oxygen atoms in total. The van der Waals surface area contributed by atoms with Gasteiger partial charge in [0.1, 0.15) is 5.75 Å². The second-order valence-electron chi connectivity index (χ2n) is 4.19. The topological polar surface area (TPSA) is 21.3 Å². The number of hydrogen-bond donors (Lipinski definition) is 1. The Morgan fingerprint density at radius 3 is 2.47 bits per heavy atom. The third-order valence-electron chi connectivity index (χ3n) is 2.82. The molecule has 0 radical (unpaired) electrons. The first-order valence-electron chi connectivity index (χ1n) is 5.96. The SMILES string of the molecule is COc1ccc(CNCc2ccc(Cl)cc2Br)cc1. The molecule has 4 heteroatoms. The monoisotopic (exact) mass is 339 g/mol. The van der Waals surface area contributed by atoms with Crippen molar-refractivity contribution in [2.75, 3.05) is 7.11 Å². The van der Waals surface area contributed by atoms with Crippen LogP contribution >= 0.6 is 27.5 Å². The fraction of sp³-hybridized carbons (Fsp3) is 0.200. The predicted octanol–water partition coefficient (Wildman–Crippen LogP) is 4.40. The Kier molecular flexibility index (Phi) is 5.25. The third-order valence-corrected chi connectivity index (χ3v) is 3.79. The van der Waals surface area contributed by atoms with Gasteiger partial charge >= 0.3 is 0 Å². The summed E-state index contributed by atoms with van der Waals surface area (Å²) in [6, 6.07) is 13.9. The molecule has 19 heavy (non-hydrogen) atoms. The van der Waals surface area contributed by atoms with E-state index in [0.29, 0.717) is 0 Å². The first-order valence-corrected chi connectivity index (χ1v) is 7.13. The maximum absolute atomic E-state index is 5.91. The summed E-state index contributed by atoms with van der Waals surface area (Å²) in [6.45, 7) is 1.61. The zero-order chi connectivity index (χ0) is 13.7. The quantitative estimate of drug-likeness (QED) is 0.871. The highest BCUT2D eigenvalue weighted by Crippen LogP contribution is 2.21. The van der Waals surface area contributed by atoms with Crippen LogP contribution in [-0.4, -0.2) is 7.11 Å². The Balaban J connectivity index is 1.88. The molecule has 1 N–H and O–H groups in total. The van der Waals surface area contributed by atoms with E-state index in [1.54, 1.807) is 7.11 Å². The van der Waals surface area contributed by atoms with Crippen LogP contribution in [0.3, 0.4) is 0 Å². The molecule has 0 aliphatic rings. The van der Waals surface area contributed by atoms with Crippen molar-refractivity contribution in [3.8, 4) is 5.75 Å². The molecule has 2 aromatic carbocycles. The summed E-state index contributed by atoms with van der Waals surface area (Å²) < 4.78 is 6.16. The Labute approximate surface area is 126 Å². The van der Waals surface area contributed by atoms with Crippen molar-refractivity contribution in [2.45, 2.75) is 13.1 Å². The average molecular weight is 341 g/mol. The van der Waals surface area contributed by atoms with Gasteiger partial charge in [0.05, 0.1) is 7.11 Å². The van der Waals surface area contributed by atoms with E-state index in [1.807, 2.05) is 30.3 Å². The van der Waals surface area contributed by atoms with Crippen LogP contribution in [0.15, 0.2) is 46.9 Å². The summed E-state index contributed by atoms with van der Waals surface area (Å²) in [6.07, 6.45) is 0. The molecule has 0 aromatic heterocycles. The van der Waals surface area contributed by atoms with E-state index in [0.717, 1.165) is 28.3 Å². The lowest BCUT2D eigenvalue weighted by Gasteiger charge is -2.08. The molecule has 0 aliphatic carbocycles. The number of hydrogen-bond acceptors (Lipinski definition) is 2. The van der Waals surface area contributed by atoms with Crippen LogP contribution in [0.2, 0.25) is 5.02 Å². The number of benzene rings is 2. The van der Waals surface area contributed by atoms with E-state index >= 15 is 0 Å². The van der Waals surface area contributed by atoms with Gasteiger partial charge in [-0.15, -0.1) is 0 Å². The molecule has 0 heterocycles. The van der Waals surface area contributed by atoms with E-state index in [9.17, 15) is 0 Å². The lowest BCUT2D eigenvalue weighted by atomic mass is 10.2. The van der Waals surface area contributed by atoms with E-state index in [2.05, 4.69) is 33.4 Å². The van der Waals surface area contributed by atoms with Gasteiger partial charge < -0.3 is 10.1 Å². The van der Waals surface area contributed by atoms with Gasteiger partial charge in [-0.1, -0.05) is 45.7 Å². The first-order chi connectivity index (χ1) is 9.19. The van der Waals surface area contributed by atoms with Crippen LogP contribution < -0.4 is 10.1 Å². The predicted molar refractivity (Wildman–Crippen MR) is 82.7 cm³/mol. The second kappa shape index (κ2) is 6.94. The van der Waals surface area contributed by atoms with Crippen LogP contribution in [0.1, 0.15) is 11.1 Å². The van der Waals surface area contributed by atoms with E-state index in [1.165, 1.54) is 11.1 Å². The molecule has 2 rings (SSSR count). The number of halogens is 2. The van der Waals surface area contributed by atoms with Gasteiger partial charge in [0.2, 0.25) is 0 Å². The van der Waals surface area contributed by atoms with Gasteiger partial charge in [0.25, 0.3) is 0 Å². The van der Waals surface area contributed by atoms with E-state index in [-0.39, 0.29) is 0 Å². The average Bonchev–Trinajstić information content (AvgIpc) is 2.42. The summed E-state index contributed by atoms with van der Waals surface area (Å²) in [5.41, 5.74) is 2.42. The highest BCUT2D eigenvalue weighted by atomic mass is 79.9. The molecule has 0 aliphatic heterocycles. The highest BCUT2D eigenvalue weighted by Gasteiger charge is 2.01. The number of ether oxygens (including phenoxy) is 1. The van der Waals surface area contributed by atoms with Gasteiger partial charge in [0, 0.05) is 22.6 Å². The molecule has 100 valence electrons. The standard InChI is InChI=1S/C15H15BrClNO/c1-19-14-6-2-11(3-7-14)9-18-10-12-4-5-13(17)8-15(12)16/h2-8,18H,9-10H2,1H3. The Morgan fingerprint density at radius 2 is 1.84 bits per heavy atom. The summed E-state index contributed by atoms with van der Waals surface area (Å²) in [5.74, 6) is 0.879. The van der Waals surface area contributed by atoms with Crippen molar-refractivity contribution in [1.29, 1.82) is 0 Å². The number of rotatable bonds is 5. The minimum atomic E-state index is 0.741. The van der Waals surface area contributed by atoms with Gasteiger partial charge in [-0.3, -0.25) is 0 Å². The zero-order valence-electron chi connectivity index (χ0n) is 10.6. The Hall–Kier alpha value is -1.03. The van der Waals surface area contributed by atoms with Gasteiger partial charge in [0.15, 0.2) is 0 Å². The van der Waals surface area contributed by atoms with Crippen molar-refractivity contribution in [2.24, 2.45) is 0 Å². The largest absolute Gasteiger partial charge is 0.497 e. The van der Waals surface area contributed by atoms with Gasteiger partial charge in [-0.05, 0) is 35.4 Å². The van der Waals surface area contributed by atoms with Crippen LogP contribution in [-0.2, 0) is 13.1 Å². The van der Waals surface area contributed by atoms with E-state index < -0.39 is 0 Å². The molecule has 0 atom stereocenters. The molecule has 0 saturated carbocycles. The van der Waals surface area contributed by atoms with Crippen molar-refractivity contribution in [3.05, 3.63) is 63.1 Å². The minimum absolute atomic E-state index is 0.741. The smallest absolute Gasteiger partial charge is 0.118 e. The summed E-state index contributed by atoms with van der Waals surface area (Å²) in [5, 5.41) is 4.14. The lowest BCUT2D eigenvalue weighted by Crippen LogP contribution is -2.12. The molecule has 0 amide bonds. The molecule has 0 bridgehead atoms. The summed E-state index contributed by atoms with van der Waals surface area (Å²) in [4.78, 5) is 0. The molecule has 2 aromatic rings. The fourth-order valence-electron chi connectivity index (χ4n) is 1.75. The Bertz CT molecular complexity index is 542. The highest BCUT2D eigenvalue weighted by molar-refractivity contribution is 9.10. The maximum atomic E-state index is 5.91. The minimum Gasteiger partial charge on any atom is -0.497 e. The second-order valence-corrected chi connectivity index (χ2v) is 5.48. The summed E-state index contributed by atoms with van der Waals surface area (Å²) in [7, 11) is 1.67. The van der Waals surface area contributed by atoms with Crippen molar-refractivity contribution in [1.82, 2.24) is 5.32 Å². The fourth-order valence-corrected chi connectivity index (χ4v) is 2.57. The van der Waals surface area contributed by atoms with Crippen molar-refractivity contribution in [3.63, 3.8) is 0 Å². The number of nitrogens with one attached hydrogen (secondary N) is 1.